The Morgan fingerprint density at radius 3 is 2.56 bits per heavy atom. The van der Waals surface area contributed by atoms with Crippen LogP contribution in [0.4, 0.5) is 4.79 Å². The summed E-state index contributed by atoms with van der Waals surface area (Å²) in [5.74, 6) is -0.189. The molecule has 25 heavy (non-hydrogen) atoms. The molecule has 1 aromatic heterocycles. The second kappa shape index (κ2) is 8.45. The summed E-state index contributed by atoms with van der Waals surface area (Å²) in [5.41, 5.74) is 1.01. The molecule has 2 rings (SSSR count). The molecule has 7 heteroatoms. The van der Waals surface area contributed by atoms with E-state index in [0.717, 1.165) is 5.56 Å². The van der Waals surface area contributed by atoms with Gasteiger partial charge in [-0.05, 0) is 37.1 Å². The number of hydrogen-bond acceptors (Lipinski definition) is 4. The number of carbonyl (C=O) groups excluding carboxylic acids is 2. The molecular weight excluding hydrogens is 408 g/mol. The van der Waals surface area contributed by atoms with Gasteiger partial charge in [0, 0.05) is 0 Å². The first-order valence-electron chi connectivity index (χ1n) is 7.58. The Morgan fingerprint density at radius 1 is 1.24 bits per heavy atom. The first-order valence-corrected chi connectivity index (χ1v) is 9.08. The van der Waals surface area contributed by atoms with E-state index in [2.05, 4.69) is 26.2 Å². The predicted octanol–water partition coefficient (Wildman–Crippen LogP) is 4.47. The van der Waals surface area contributed by atoms with E-state index in [-0.39, 0.29) is 28.6 Å². The van der Waals surface area contributed by atoms with Crippen LogP contribution in [0.3, 0.4) is 0 Å². The van der Waals surface area contributed by atoms with Crippen LogP contribution in [-0.4, -0.2) is 22.2 Å². The zero-order chi connectivity index (χ0) is 18.4. The van der Waals surface area contributed by atoms with Gasteiger partial charge in [-0.15, -0.1) is 0 Å². The monoisotopic (exact) mass is 424 g/mol. The van der Waals surface area contributed by atoms with Gasteiger partial charge in [0.1, 0.15) is 17.5 Å². The normalized spacial score (nSPS) is 11.0. The topological polar surface area (TPSA) is 68.3 Å². The smallest absolute Gasteiger partial charge is 0.408 e. The molecule has 1 aromatic carbocycles. The Labute approximate surface area is 159 Å². The van der Waals surface area contributed by atoms with Crippen molar-refractivity contribution in [3.8, 4) is 0 Å². The molecule has 0 aliphatic rings. The summed E-state index contributed by atoms with van der Waals surface area (Å²) in [4.78, 5) is 28.0. The number of benzene rings is 1. The molecule has 0 saturated carbocycles. The zero-order valence-corrected chi connectivity index (χ0v) is 16.2. The quantitative estimate of drug-likeness (QED) is 0.421. The van der Waals surface area contributed by atoms with Crippen LogP contribution in [0.25, 0.3) is 0 Å². The number of amides is 1. The van der Waals surface area contributed by atoms with Crippen molar-refractivity contribution in [3.63, 3.8) is 0 Å². The van der Waals surface area contributed by atoms with E-state index < -0.39 is 11.6 Å². The maximum Gasteiger partial charge on any atom is 0.408 e. The van der Waals surface area contributed by atoms with E-state index in [9.17, 15) is 9.59 Å². The number of pyridine rings is 1. The number of alkyl halides is 1. The minimum atomic E-state index is -0.790. The molecule has 2 aromatic rings. The molecule has 0 saturated heterocycles. The lowest BCUT2D eigenvalue weighted by Crippen LogP contribution is -2.41. The summed E-state index contributed by atoms with van der Waals surface area (Å²) in [7, 11) is 0. The van der Waals surface area contributed by atoms with Gasteiger partial charge in [-0.2, -0.15) is 0 Å². The molecule has 0 aliphatic heterocycles. The molecule has 132 valence electrons. The van der Waals surface area contributed by atoms with Gasteiger partial charge in [-0.3, -0.25) is 4.79 Å². The number of halogens is 2. The van der Waals surface area contributed by atoms with Crippen molar-refractivity contribution in [3.05, 3.63) is 64.4 Å². The summed E-state index contributed by atoms with van der Waals surface area (Å²) in [6.07, 6.45) is -0.560. The third kappa shape index (κ3) is 5.54. The van der Waals surface area contributed by atoms with Crippen molar-refractivity contribution in [1.29, 1.82) is 0 Å². The number of aromatic nitrogens is 1. The Morgan fingerprint density at radius 2 is 1.92 bits per heavy atom. The van der Waals surface area contributed by atoms with E-state index in [1.54, 1.807) is 26.0 Å². The maximum atomic E-state index is 12.1. The fraction of sp³-hybridized carbons (Fsp3) is 0.278. The number of rotatable bonds is 6. The minimum absolute atomic E-state index is 0.146. The molecule has 1 amide bonds. The first-order chi connectivity index (χ1) is 11.8. The number of ketones is 1. The molecule has 0 atom stereocenters. The average Bonchev–Trinajstić information content (AvgIpc) is 2.59. The lowest BCUT2D eigenvalue weighted by atomic mass is 9.94. The third-order valence-corrected chi connectivity index (χ3v) is 4.25. The Balaban J connectivity index is 2.08. The van der Waals surface area contributed by atoms with Gasteiger partial charge in [-0.1, -0.05) is 57.9 Å². The fourth-order valence-electron chi connectivity index (χ4n) is 2.16. The van der Waals surface area contributed by atoms with E-state index >= 15 is 0 Å². The number of carbonyl (C=O) groups is 2. The van der Waals surface area contributed by atoms with Gasteiger partial charge in [0.15, 0.2) is 5.78 Å². The zero-order valence-electron chi connectivity index (χ0n) is 13.9. The van der Waals surface area contributed by atoms with Crippen LogP contribution < -0.4 is 5.32 Å². The van der Waals surface area contributed by atoms with Gasteiger partial charge in [0.2, 0.25) is 0 Å². The molecule has 0 spiro atoms. The second-order valence-corrected chi connectivity index (χ2v) is 6.88. The SMILES string of the molecule is CC(C)(NC(=O)OCc1ccccc1)c1cc(Cl)nc(C(=O)CBr)c1. The lowest BCUT2D eigenvalue weighted by molar-refractivity contribution is 0.101. The van der Waals surface area contributed by atoms with Crippen LogP contribution in [0, 0.1) is 0 Å². The summed E-state index contributed by atoms with van der Waals surface area (Å²) in [5, 5.41) is 3.12. The number of nitrogens with one attached hydrogen (secondary N) is 1. The molecule has 0 aliphatic carbocycles. The molecule has 1 N–H and O–H groups in total. The van der Waals surface area contributed by atoms with Crippen LogP contribution in [0.1, 0.15) is 35.5 Å². The summed E-state index contributed by atoms with van der Waals surface area (Å²) in [6.45, 7) is 3.77. The average molecular weight is 426 g/mol. The standard InChI is InChI=1S/C18H18BrClN2O3/c1-18(2,13-8-14(15(23)10-19)21-16(20)9-13)22-17(24)25-11-12-6-4-3-5-7-12/h3-9H,10-11H2,1-2H3,(H,22,24). The van der Waals surface area contributed by atoms with Gasteiger partial charge >= 0.3 is 6.09 Å². The van der Waals surface area contributed by atoms with E-state index in [0.29, 0.717) is 5.56 Å². The Hall–Kier alpha value is -1.92. The minimum Gasteiger partial charge on any atom is -0.445 e. The summed E-state index contributed by atoms with van der Waals surface area (Å²) >= 11 is 9.12. The summed E-state index contributed by atoms with van der Waals surface area (Å²) in [6, 6.07) is 12.6. The first kappa shape index (κ1) is 19.4. The summed E-state index contributed by atoms with van der Waals surface area (Å²) < 4.78 is 5.24. The predicted molar refractivity (Wildman–Crippen MR) is 100 cm³/mol. The Bertz CT molecular complexity index is 766. The van der Waals surface area contributed by atoms with E-state index in [1.165, 1.54) is 0 Å². The van der Waals surface area contributed by atoms with E-state index in [1.807, 2.05) is 30.3 Å². The molecule has 5 nitrogen and oxygen atoms in total. The van der Waals surface area contributed by atoms with Crippen LogP contribution in [0.5, 0.6) is 0 Å². The lowest BCUT2D eigenvalue weighted by Gasteiger charge is -2.27. The molecule has 0 unspecified atom stereocenters. The van der Waals surface area contributed by atoms with Gasteiger partial charge < -0.3 is 10.1 Å². The third-order valence-electron chi connectivity index (χ3n) is 3.55. The molecule has 1 heterocycles. The highest BCUT2D eigenvalue weighted by atomic mass is 79.9. The van der Waals surface area contributed by atoms with Crippen molar-refractivity contribution >= 4 is 39.4 Å². The van der Waals surface area contributed by atoms with Gasteiger partial charge in [-0.25, -0.2) is 9.78 Å². The van der Waals surface area contributed by atoms with E-state index in [4.69, 9.17) is 16.3 Å². The highest BCUT2D eigenvalue weighted by Gasteiger charge is 2.25. The van der Waals surface area contributed by atoms with Crippen molar-refractivity contribution < 1.29 is 14.3 Å². The number of hydrogen-bond donors (Lipinski definition) is 1. The molecule has 0 radical (unpaired) electrons. The fourth-order valence-corrected chi connectivity index (χ4v) is 2.65. The van der Waals surface area contributed by atoms with Crippen LogP contribution in [-0.2, 0) is 16.9 Å². The molecular formula is C18H18BrClN2O3. The number of ether oxygens (including phenoxy) is 1. The van der Waals surface area contributed by atoms with Crippen molar-refractivity contribution in [2.45, 2.75) is 26.0 Å². The van der Waals surface area contributed by atoms with Gasteiger partial charge in [0.25, 0.3) is 0 Å². The van der Waals surface area contributed by atoms with Gasteiger partial charge in [0.05, 0.1) is 10.9 Å². The maximum absolute atomic E-state index is 12.1. The van der Waals surface area contributed by atoms with Crippen LogP contribution in [0.2, 0.25) is 5.15 Å². The van der Waals surface area contributed by atoms with Crippen LogP contribution >= 0.6 is 27.5 Å². The van der Waals surface area contributed by atoms with Crippen molar-refractivity contribution in [2.24, 2.45) is 0 Å². The van der Waals surface area contributed by atoms with Crippen molar-refractivity contribution in [1.82, 2.24) is 10.3 Å². The molecule has 0 bridgehead atoms. The second-order valence-electron chi connectivity index (χ2n) is 5.93. The highest BCUT2D eigenvalue weighted by Crippen LogP contribution is 2.24. The largest absolute Gasteiger partial charge is 0.445 e. The number of alkyl carbamates (subject to hydrolysis) is 1. The number of nitrogens with zero attached hydrogens (tertiary/aromatic N) is 1. The van der Waals surface area contributed by atoms with Crippen molar-refractivity contribution in [2.75, 3.05) is 5.33 Å². The highest BCUT2D eigenvalue weighted by molar-refractivity contribution is 9.09. The number of Topliss-reactive ketones (excluding diaryl/α,β-unsaturated/α-hetero) is 1. The van der Waals surface area contributed by atoms with Crippen LogP contribution in [0.15, 0.2) is 42.5 Å². The Kier molecular flexibility index (Phi) is 6.56. The molecule has 0 fully saturated rings.